The van der Waals surface area contributed by atoms with Crippen LogP contribution >= 0.6 is 15.9 Å². The molecule has 3 heterocycles. The number of aryl methyl sites for hydroxylation is 1. The van der Waals surface area contributed by atoms with E-state index in [1.54, 1.807) is 4.80 Å². The lowest BCUT2D eigenvalue weighted by molar-refractivity contribution is 0.0684. The van der Waals surface area contributed by atoms with E-state index < -0.39 is 11.5 Å². The van der Waals surface area contributed by atoms with E-state index in [0.717, 1.165) is 61.9 Å². The number of carboxylic acids is 1. The average molecular weight is 776 g/mol. The number of imidazole rings is 1. The summed E-state index contributed by atoms with van der Waals surface area (Å²) < 4.78 is 9.18. The summed E-state index contributed by atoms with van der Waals surface area (Å²) in [6.45, 7) is 2.40. The van der Waals surface area contributed by atoms with Crippen LogP contribution < -0.4 is 0 Å². The highest BCUT2D eigenvalue weighted by molar-refractivity contribution is 9.10. The molecule has 0 saturated heterocycles. The van der Waals surface area contributed by atoms with Gasteiger partial charge in [-0.2, -0.15) is 0 Å². The van der Waals surface area contributed by atoms with Gasteiger partial charge >= 0.3 is 5.97 Å². The molecule has 3 aromatic heterocycles. The number of carboxylic acid groups (broad SMARTS) is 1. The third-order valence-electron chi connectivity index (χ3n) is 10.3. The van der Waals surface area contributed by atoms with Crippen molar-refractivity contribution in [2.45, 2.75) is 44.2 Å². The first-order valence-corrected chi connectivity index (χ1v) is 18.9. The Labute approximate surface area is 320 Å². The van der Waals surface area contributed by atoms with Crippen LogP contribution in [0.5, 0.6) is 0 Å². The molecule has 54 heavy (non-hydrogen) atoms. The number of fused-ring (bicyclic) bond motifs is 1. The van der Waals surface area contributed by atoms with E-state index in [-0.39, 0.29) is 5.92 Å². The Balaban J connectivity index is 1.14. The van der Waals surface area contributed by atoms with Gasteiger partial charge in [0.1, 0.15) is 17.2 Å². The average Bonchev–Trinajstić information content (AvgIpc) is 3.69. The van der Waals surface area contributed by atoms with E-state index in [9.17, 15) is 9.90 Å². The summed E-state index contributed by atoms with van der Waals surface area (Å²) in [7, 11) is 0. The predicted molar refractivity (Wildman–Crippen MR) is 210 cm³/mol. The third kappa shape index (κ3) is 5.65. The van der Waals surface area contributed by atoms with Crippen molar-refractivity contribution in [3.63, 3.8) is 0 Å². The lowest BCUT2D eigenvalue weighted by Crippen LogP contribution is -2.39. The maximum Gasteiger partial charge on any atom is 0.354 e. The van der Waals surface area contributed by atoms with Crippen molar-refractivity contribution in [2.75, 3.05) is 0 Å². The van der Waals surface area contributed by atoms with Crippen LogP contribution in [-0.2, 0) is 18.5 Å². The van der Waals surface area contributed by atoms with Gasteiger partial charge < -0.3 is 14.1 Å². The molecule has 9 rings (SSSR count). The molecule has 1 N–H and O–H groups in total. The quantitative estimate of drug-likeness (QED) is 0.130. The van der Waals surface area contributed by atoms with Crippen LogP contribution in [0.4, 0.5) is 0 Å². The second kappa shape index (κ2) is 13.7. The minimum absolute atomic E-state index is 0.235. The zero-order valence-corrected chi connectivity index (χ0v) is 31.0. The van der Waals surface area contributed by atoms with Crippen molar-refractivity contribution in [1.82, 2.24) is 29.8 Å². The number of carbonyl (C=O) groups is 1. The van der Waals surface area contributed by atoms with Gasteiger partial charge in [-0.15, -0.1) is 15.0 Å². The molecule has 0 unspecified atom stereocenters. The Morgan fingerprint density at radius 2 is 1.43 bits per heavy atom. The van der Waals surface area contributed by atoms with Crippen molar-refractivity contribution in [2.24, 2.45) is 0 Å². The summed E-state index contributed by atoms with van der Waals surface area (Å²) in [5, 5.41) is 25.7. The number of tetrazole rings is 1. The zero-order chi connectivity index (χ0) is 36.8. The molecule has 0 radical (unpaired) electrons. The lowest BCUT2D eigenvalue weighted by Gasteiger charge is -2.34. The van der Waals surface area contributed by atoms with Gasteiger partial charge in [0.25, 0.3) is 0 Å². The molecule has 266 valence electrons. The molecule has 10 heteroatoms. The first-order valence-electron chi connectivity index (χ1n) is 18.1. The van der Waals surface area contributed by atoms with Crippen molar-refractivity contribution in [1.29, 1.82) is 0 Å². The van der Waals surface area contributed by atoms with E-state index in [4.69, 9.17) is 24.8 Å². The molecule has 0 aliphatic heterocycles. The van der Waals surface area contributed by atoms with Gasteiger partial charge in [-0.25, -0.2) is 9.78 Å². The summed E-state index contributed by atoms with van der Waals surface area (Å²) >= 11 is 3.87. The van der Waals surface area contributed by atoms with Crippen LogP contribution in [0.1, 0.15) is 69.9 Å². The van der Waals surface area contributed by atoms with Gasteiger partial charge in [0.05, 0.1) is 10.2 Å². The molecular formula is C44H35BrN6O3. The standard InChI is InChI=1S/C44H35BrN6O3/c1-2-37-46-39(29-23-24-29)40(43(52)53)50(37)27-28-22-25-36-35(26-28)38(45)41(54-36)33-20-12-13-21-34(33)42-47-49-51(48-42)44(30-14-6-3-7-15-30,31-16-8-4-9-17-31)32-18-10-5-11-19-32/h3-22,25-26,29H,2,23-24,27H2,1H3,(H,52,53). The van der Waals surface area contributed by atoms with Crippen LogP contribution in [0.2, 0.25) is 0 Å². The van der Waals surface area contributed by atoms with E-state index in [2.05, 4.69) is 58.4 Å². The van der Waals surface area contributed by atoms with Crippen LogP contribution in [0, 0.1) is 0 Å². The van der Waals surface area contributed by atoms with Crippen molar-refractivity contribution < 1.29 is 14.3 Å². The first-order chi connectivity index (χ1) is 26.5. The van der Waals surface area contributed by atoms with Crippen LogP contribution in [0.25, 0.3) is 33.7 Å². The number of rotatable bonds is 11. The normalized spacial score (nSPS) is 13.1. The number of aromatic carboxylic acids is 1. The Kier molecular flexibility index (Phi) is 8.54. The van der Waals surface area contributed by atoms with Gasteiger partial charge in [0, 0.05) is 35.4 Å². The molecule has 0 amide bonds. The zero-order valence-electron chi connectivity index (χ0n) is 29.4. The number of furan rings is 1. The summed E-state index contributed by atoms with van der Waals surface area (Å²) in [5.74, 6) is 1.16. The second-order valence-corrected chi connectivity index (χ2v) is 14.4. The first kappa shape index (κ1) is 33.7. The summed E-state index contributed by atoms with van der Waals surface area (Å²) in [6.07, 6.45) is 2.62. The van der Waals surface area contributed by atoms with Crippen molar-refractivity contribution >= 4 is 32.9 Å². The fraction of sp³-hybridized carbons (Fsp3) is 0.159. The predicted octanol–water partition coefficient (Wildman–Crippen LogP) is 9.74. The second-order valence-electron chi connectivity index (χ2n) is 13.6. The minimum atomic E-state index is -0.937. The number of nitrogens with zero attached hydrogens (tertiary/aromatic N) is 6. The highest BCUT2D eigenvalue weighted by Crippen LogP contribution is 2.44. The Morgan fingerprint density at radius 1 is 0.833 bits per heavy atom. The maximum atomic E-state index is 12.4. The van der Waals surface area contributed by atoms with E-state index in [1.165, 1.54) is 0 Å². The maximum absolute atomic E-state index is 12.4. The lowest BCUT2D eigenvalue weighted by atomic mass is 9.77. The molecule has 9 nitrogen and oxygen atoms in total. The number of hydrogen-bond acceptors (Lipinski definition) is 6. The molecule has 8 aromatic rings. The smallest absolute Gasteiger partial charge is 0.354 e. The third-order valence-corrected chi connectivity index (χ3v) is 11.1. The number of benzene rings is 5. The largest absolute Gasteiger partial charge is 0.477 e. The molecular weight excluding hydrogens is 740 g/mol. The molecule has 5 aromatic carbocycles. The van der Waals surface area contributed by atoms with E-state index >= 15 is 0 Å². The monoisotopic (exact) mass is 774 g/mol. The fourth-order valence-corrected chi connectivity index (χ4v) is 8.22. The van der Waals surface area contributed by atoms with E-state index in [0.29, 0.717) is 41.5 Å². The van der Waals surface area contributed by atoms with Gasteiger partial charge in [-0.05, 0) is 68.4 Å². The minimum Gasteiger partial charge on any atom is -0.477 e. The van der Waals surface area contributed by atoms with Gasteiger partial charge in [-0.3, -0.25) is 0 Å². The van der Waals surface area contributed by atoms with Gasteiger partial charge in [-0.1, -0.05) is 128 Å². The topological polar surface area (TPSA) is 112 Å². The SMILES string of the molecule is CCc1nc(C2CC2)c(C(=O)O)n1Cc1ccc2oc(-c3ccccc3-c3nnn(C(c4ccccc4)(c4ccccc4)c4ccccc4)n3)c(Br)c2c1. The summed E-state index contributed by atoms with van der Waals surface area (Å²) in [5.41, 5.74) is 6.30. The fourth-order valence-electron chi connectivity index (χ4n) is 7.62. The molecule has 0 bridgehead atoms. The van der Waals surface area contributed by atoms with Crippen molar-refractivity contribution in [3.05, 3.63) is 177 Å². The van der Waals surface area contributed by atoms with Crippen LogP contribution in [-0.4, -0.2) is 40.8 Å². The number of aromatic nitrogens is 6. The highest BCUT2D eigenvalue weighted by Gasteiger charge is 2.41. The van der Waals surface area contributed by atoms with Gasteiger partial charge in [0.15, 0.2) is 11.2 Å². The highest BCUT2D eigenvalue weighted by atomic mass is 79.9. The Morgan fingerprint density at radius 3 is 2.00 bits per heavy atom. The Bertz CT molecular complexity index is 2530. The number of halogens is 1. The summed E-state index contributed by atoms with van der Waals surface area (Å²) in [4.78, 5) is 18.9. The molecule has 1 saturated carbocycles. The van der Waals surface area contributed by atoms with E-state index in [1.807, 2.05) is 102 Å². The molecule has 0 spiro atoms. The molecule has 1 fully saturated rings. The van der Waals surface area contributed by atoms with Gasteiger partial charge in [0.2, 0.25) is 5.82 Å². The van der Waals surface area contributed by atoms with Crippen LogP contribution in [0.15, 0.2) is 142 Å². The van der Waals surface area contributed by atoms with Crippen molar-refractivity contribution in [3.8, 4) is 22.7 Å². The van der Waals surface area contributed by atoms with Crippen LogP contribution in [0.3, 0.4) is 0 Å². The summed E-state index contributed by atoms with van der Waals surface area (Å²) in [6, 6.07) is 44.7. The molecule has 1 aliphatic rings. The Hall–Kier alpha value is -6.13. The molecule has 0 atom stereocenters. The number of hydrogen-bond donors (Lipinski definition) is 1. The molecule has 1 aliphatic carbocycles.